The summed E-state index contributed by atoms with van der Waals surface area (Å²) in [5, 5.41) is 19.2. The van der Waals surface area contributed by atoms with Gasteiger partial charge in [0.05, 0.1) is 75.5 Å². The highest BCUT2D eigenvalue weighted by atomic mass is 32.1. The number of methoxy groups -OCH3 is 2. The summed E-state index contributed by atoms with van der Waals surface area (Å²) in [6.07, 6.45) is 1.72. The highest BCUT2D eigenvalue weighted by Crippen LogP contribution is 2.31. The molecule has 3 aromatic carbocycles. The van der Waals surface area contributed by atoms with Gasteiger partial charge in [-0.1, -0.05) is 69.3 Å². The Hall–Kier alpha value is -5.59. The Morgan fingerprint density at radius 2 is 1.54 bits per heavy atom. The third-order valence-corrected chi connectivity index (χ3v) is 12.3. The van der Waals surface area contributed by atoms with Gasteiger partial charge in [0.2, 0.25) is 17.7 Å². The second-order valence-corrected chi connectivity index (χ2v) is 18.3. The van der Waals surface area contributed by atoms with E-state index in [9.17, 15) is 24.3 Å². The molecule has 0 radical (unpaired) electrons. The van der Waals surface area contributed by atoms with E-state index < -0.39 is 35.4 Å². The fourth-order valence-electron chi connectivity index (χ4n) is 7.65. The number of aromatic nitrogens is 1. The monoisotopic (exact) mass is 945 g/mol. The molecule has 4 N–H and O–H groups in total. The van der Waals surface area contributed by atoms with Gasteiger partial charge in [-0.2, -0.15) is 0 Å². The summed E-state index contributed by atoms with van der Waals surface area (Å²) < 4.78 is 33.2. The first kappa shape index (κ1) is 52.4. The molecule has 0 saturated carbocycles. The Kier molecular flexibility index (Phi) is 20.4. The largest absolute Gasteiger partial charge is 0.493 e. The Balaban J connectivity index is 0.930. The first-order valence-corrected chi connectivity index (χ1v) is 23.6. The van der Waals surface area contributed by atoms with Crippen LogP contribution in [-0.4, -0.2) is 130 Å². The number of aryl methyl sites for hydroxylation is 3. The molecule has 1 aromatic heterocycles. The number of hydrogen-bond donors (Lipinski definition) is 4. The van der Waals surface area contributed by atoms with E-state index in [-0.39, 0.29) is 70.5 Å². The number of aliphatic hydroxyl groups excluding tert-OH is 1. The summed E-state index contributed by atoms with van der Waals surface area (Å²) in [5.41, 5.74) is 6.16. The zero-order chi connectivity index (χ0) is 48.3. The second kappa shape index (κ2) is 26.1. The SMILES string of the molecule is COc1ccc(CCCc2ccccc2OCC(=O)NCCOCCOCCOCC(=O)N[C@H](C(=O)N2C[C@H](O)C[C@H]2C(=O)N[C@@H](C)c2ccc(-c3scnc3C)cc2)C(C)(C)C)cc1OC. The second-order valence-electron chi connectivity index (χ2n) is 17.4. The summed E-state index contributed by atoms with van der Waals surface area (Å²) in [5.74, 6) is 0.480. The smallest absolute Gasteiger partial charge is 0.258 e. The van der Waals surface area contributed by atoms with Crippen molar-refractivity contribution in [2.75, 3.05) is 73.6 Å². The Labute approximate surface area is 398 Å². The first-order chi connectivity index (χ1) is 32.2. The van der Waals surface area contributed by atoms with Gasteiger partial charge in [0.15, 0.2) is 18.1 Å². The molecule has 1 saturated heterocycles. The van der Waals surface area contributed by atoms with Crippen LogP contribution in [0.5, 0.6) is 17.2 Å². The number of benzene rings is 3. The summed E-state index contributed by atoms with van der Waals surface area (Å²) in [6, 6.07) is 19.3. The van der Waals surface area contributed by atoms with Crippen LogP contribution in [0.4, 0.5) is 0 Å². The van der Waals surface area contributed by atoms with Gasteiger partial charge in [-0.15, -0.1) is 11.3 Å². The van der Waals surface area contributed by atoms with Gasteiger partial charge in [-0.25, -0.2) is 4.98 Å². The van der Waals surface area contributed by atoms with E-state index in [1.165, 1.54) is 4.90 Å². The maximum absolute atomic E-state index is 14.0. The summed E-state index contributed by atoms with van der Waals surface area (Å²) in [4.78, 5) is 59.8. The molecule has 2 heterocycles. The molecule has 4 atom stereocenters. The zero-order valence-corrected chi connectivity index (χ0v) is 40.6. The molecule has 0 aliphatic carbocycles. The molecule has 1 aliphatic rings. The number of amides is 4. The highest BCUT2D eigenvalue weighted by molar-refractivity contribution is 7.13. The van der Waals surface area contributed by atoms with E-state index in [2.05, 4.69) is 20.9 Å². The number of ether oxygens (including phenoxy) is 6. The minimum atomic E-state index is -0.982. The fraction of sp³-hybridized carbons (Fsp3) is 0.500. The average molecular weight is 946 g/mol. The van der Waals surface area contributed by atoms with Crippen molar-refractivity contribution in [2.24, 2.45) is 5.41 Å². The molecule has 17 heteroatoms. The van der Waals surface area contributed by atoms with Crippen molar-refractivity contribution in [2.45, 2.75) is 84.5 Å². The molecular weight excluding hydrogens is 879 g/mol. The number of β-amino-alcohol motifs (C(OH)–C–C–N with tert-alkyl or cyclic N) is 1. The van der Waals surface area contributed by atoms with Crippen molar-refractivity contribution < 1.29 is 52.7 Å². The van der Waals surface area contributed by atoms with Gasteiger partial charge in [-0.3, -0.25) is 19.2 Å². The molecule has 4 amide bonds. The molecule has 0 spiro atoms. The minimum absolute atomic E-state index is 0.0289. The maximum atomic E-state index is 14.0. The topological polar surface area (TPSA) is 196 Å². The lowest BCUT2D eigenvalue weighted by Gasteiger charge is -2.35. The van der Waals surface area contributed by atoms with Crippen molar-refractivity contribution in [3.05, 3.63) is 94.6 Å². The molecule has 0 unspecified atom stereocenters. The molecule has 364 valence electrons. The summed E-state index contributed by atoms with van der Waals surface area (Å²) in [6.45, 7) is 10.4. The van der Waals surface area contributed by atoms with Gasteiger partial charge in [0, 0.05) is 19.5 Å². The highest BCUT2D eigenvalue weighted by Gasteiger charge is 2.44. The van der Waals surface area contributed by atoms with E-state index in [1.807, 2.05) is 107 Å². The Morgan fingerprint density at radius 1 is 0.836 bits per heavy atom. The number of nitrogens with one attached hydrogen (secondary N) is 3. The number of nitrogens with zero attached hydrogens (tertiary/aromatic N) is 2. The summed E-state index contributed by atoms with van der Waals surface area (Å²) in [7, 11) is 3.24. The number of carbonyl (C=O) groups is 4. The maximum Gasteiger partial charge on any atom is 0.258 e. The zero-order valence-electron chi connectivity index (χ0n) is 39.8. The lowest BCUT2D eigenvalue weighted by atomic mass is 9.85. The van der Waals surface area contributed by atoms with Crippen LogP contribution in [0.1, 0.15) is 69.0 Å². The van der Waals surface area contributed by atoms with Crippen LogP contribution in [0.2, 0.25) is 0 Å². The van der Waals surface area contributed by atoms with Gasteiger partial charge in [0.1, 0.15) is 24.4 Å². The van der Waals surface area contributed by atoms with Crippen LogP contribution in [0, 0.1) is 12.3 Å². The van der Waals surface area contributed by atoms with Crippen molar-refractivity contribution in [1.29, 1.82) is 0 Å². The predicted molar refractivity (Wildman–Crippen MR) is 255 cm³/mol. The van der Waals surface area contributed by atoms with E-state index in [1.54, 1.807) is 25.6 Å². The molecule has 5 rings (SSSR count). The van der Waals surface area contributed by atoms with Crippen molar-refractivity contribution >= 4 is 35.0 Å². The number of thiazole rings is 1. The van der Waals surface area contributed by atoms with Gasteiger partial charge in [-0.05, 0) is 79.0 Å². The molecule has 0 bridgehead atoms. The normalized spacial score (nSPS) is 15.7. The number of para-hydroxylation sites is 1. The third kappa shape index (κ3) is 16.0. The number of hydrogen-bond acceptors (Lipinski definition) is 13. The van der Waals surface area contributed by atoms with Crippen LogP contribution < -0.4 is 30.2 Å². The van der Waals surface area contributed by atoms with Crippen LogP contribution in [0.15, 0.2) is 72.2 Å². The van der Waals surface area contributed by atoms with E-state index >= 15 is 0 Å². The van der Waals surface area contributed by atoms with Gasteiger partial charge >= 0.3 is 0 Å². The van der Waals surface area contributed by atoms with Crippen LogP contribution >= 0.6 is 11.3 Å². The summed E-state index contributed by atoms with van der Waals surface area (Å²) >= 11 is 1.57. The number of aliphatic hydroxyl groups is 1. The number of rotatable bonds is 26. The molecule has 1 aliphatic heterocycles. The first-order valence-electron chi connectivity index (χ1n) is 22.7. The quantitative estimate of drug-likeness (QED) is 0.0600. The van der Waals surface area contributed by atoms with Crippen LogP contribution in [0.25, 0.3) is 10.4 Å². The Bertz CT molecular complexity index is 2210. The molecule has 1 fully saturated rings. The standard InChI is InChI=1S/C50H67N5O11S/c1-33(36-16-18-38(19-17-36)46-34(2)52-32-67-46)53-48(59)40-28-39(56)29-55(40)49(60)47(50(3,4)5)54-45(58)30-65-26-25-64-24-23-63-22-21-51-44(57)31-66-41-14-9-8-12-37(41)13-10-11-35-15-20-42(61-6)43(27-35)62-7/h8-9,12,14-20,27,32-33,39-40,47,56H,10-11,13,21-26,28-31H2,1-7H3,(H,51,57)(H,53,59)(H,54,58)/t33-,39+,40-,47+/m0/s1. The van der Waals surface area contributed by atoms with Crippen LogP contribution in [0.3, 0.4) is 0 Å². The predicted octanol–water partition coefficient (Wildman–Crippen LogP) is 5.23. The van der Waals surface area contributed by atoms with Gasteiger partial charge in [0.25, 0.3) is 5.91 Å². The van der Waals surface area contributed by atoms with Crippen molar-refractivity contribution in [3.63, 3.8) is 0 Å². The minimum Gasteiger partial charge on any atom is -0.493 e. The van der Waals surface area contributed by atoms with E-state index in [0.717, 1.165) is 52.1 Å². The van der Waals surface area contributed by atoms with E-state index in [4.69, 9.17) is 28.4 Å². The third-order valence-electron chi connectivity index (χ3n) is 11.3. The van der Waals surface area contributed by atoms with Crippen molar-refractivity contribution in [3.8, 4) is 27.7 Å². The molecule has 16 nitrogen and oxygen atoms in total. The molecule has 67 heavy (non-hydrogen) atoms. The number of carbonyl (C=O) groups excluding carboxylic acids is 4. The lowest BCUT2D eigenvalue weighted by molar-refractivity contribution is -0.144. The van der Waals surface area contributed by atoms with Crippen LogP contribution in [-0.2, 0) is 46.2 Å². The Morgan fingerprint density at radius 3 is 2.22 bits per heavy atom. The number of likely N-dealkylation sites (tertiary alicyclic amines) is 1. The fourth-order valence-corrected chi connectivity index (χ4v) is 8.46. The van der Waals surface area contributed by atoms with Gasteiger partial charge < -0.3 is 54.4 Å². The van der Waals surface area contributed by atoms with Crippen molar-refractivity contribution in [1.82, 2.24) is 25.8 Å². The lowest BCUT2D eigenvalue weighted by Crippen LogP contribution is -2.58. The average Bonchev–Trinajstić information content (AvgIpc) is 3.93. The molecule has 4 aromatic rings. The van der Waals surface area contributed by atoms with E-state index in [0.29, 0.717) is 30.4 Å². The molecular formula is C50H67N5O11S.